The number of anilines is 1. The highest BCUT2D eigenvalue weighted by Crippen LogP contribution is 2.34. The number of primary amides is 1. The summed E-state index contributed by atoms with van der Waals surface area (Å²) in [6, 6.07) is 24.5. The molecule has 2 N–H and O–H groups in total. The van der Waals surface area contributed by atoms with Gasteiger partial charge < -0.3 is 10.6 Å². The van der Waals surface area contributed by atoms with Gasteiger partial charge in [0.1, 0.15) is 0 Å². The van der Waals surface area contributed by atoms with Gasteiger partial charge in [0, 0.05) is 29.9 Å². The lowest BCUT2D eigenvalue weighted by atomic mass is 9.96. The van der Waals surface area contributed by atoms with Crippen molar-refractivity contribution >= 4 is 11.6 Å². The maximum Gasteiger partial charge on any atom is 0.248 e. The molecule has 0 saturated heterocycles. The third-order valence-electron chi connectivity index (χ3n) is 4.84. The zero-order valence-corrected chi connectivity index (χ0v) is 14.0. The minimum atomic E-state index is -0.396. The lowest BCUT2D eigenvalue weighted by Crippen LogP contribution is -2.30. The smallest absolute Gasteiger partial charge is 0.248 e. The molecule has 0 aromatic heterocycles. The molecular formula is C22H20N2O. The summed E-state index contributed by atoms with van der Waals surface area (Å²) in [4.78, 5) is 14.0. The van der Waals surface area contributed by atoms with Crippen molar-refractivity contribution in [3.05, 3.63) is 89.5 Å². The molecule has 25 heavy (non-hydrogen) atoms. The normalized spacial score (nSPS) is 13.4. The Labute approximate surface area is 147 Å². The summed E-state index contributed by atoms with van der Waals surface area (Å²) in [6.07, 6.45) is 1.03. The number of carbonyl (C=O) groups excluding carboxylic acids is 1. The van der Waals surface area contributed by atoms with Gasteiger partial charge >= 0.3 is 0 Å². The first-order valence-electron chi connectivity index (χ1n) is 8.53. The number of amides is 1. The van der Waals surface area contributed by atoms with Crippen molar-refractivity contribution in [1.29, 1.82) is 0 Å². The number of hydrogen-bond donors (Lipinski definition) is 1. The van der Waals surface area contributed by atoms with Crippen molar-refractivity contribution < 1.29 is 4.79 Å². The summed E-state index contributed by atoms with van der Waals surface area (Å²) in [5.74, 6) is -0.396. The van der Waals surface area contributed by atoms with Gasteiger partial charge in [-0.1, -0.05) is 54.6 Å². The molecule has 0 bridgehead atoms. The largest absolute Gasteiger partial charge is 0.366 e. The number of nitrogens with two attached hydrogens (primary N) is 1. The lowest BCUT2D eigenvalue weighted by Gasteiger charge is -2.32. The van der Waals surface area contributed by atoms with Crippen LogP contribution in [0.5, 0.6) is 0 Å². The SMILES string of the molecule is NC(=O)c1ccc(N2CCc3ccccc3C2)c(-c2ccccc2)c1. The van der Waals surface area contributed by atoms with Crippen LogP contribution in [0.4, 0.5) is 5.69 Å². The van der Waals surface area contributed by atoms with Crippen molar-refractivity contribution in [3.8, 4) is 11.1 Å². The molecule has 0 aliphatic carbocycles. The number of hydrogen-bond acceptors (Lipinski definition) is 2. The van der Waals surface area contributed by atoms with Crippen LogP contribution in [0, 0.1) is 0 Å². The predicted octanol–water partition coefficient (Wildman–Crippen LogP) is 4.02. The predicted molar refractivity (Wildman–Crippen MR) is 102 cm³/mol. The zero-order chi connectivity index (χ0) is 17.2. The van der Waals surface area contributed by atoms with Gasteiger partial charge in [0.15, 0.2) is 0 Å². The Morgan fingerprint density at radius 3 is 2.36 bits per heavy atom. The van der Waals surface area contributed by atoms with E-state index in [1.165, 1.54) is 11.1 Å². The molecule has 3 nitrogen and oxygen atoms in total. The third kappa shape index (κ3) is 3.01. The molecule has 1 amide bonds. The Morgan fingerprint density at radius 2 is 1.60 bits per heavy atom. The molecule has 0 atom stereocenters. The van der Waals surface area contributed by atoms with Gasteiger partial charge in [-0.25, -0.2) is 0 Å². The van der Waals surface area contributed by atoms with E-state index in [9.17, 15) is 4.79 Å². The topological polar surface area (TPSA) is 46.3 Å². The van der Waals surface area contributed by atoms with Gasteiger partial charge in [-0.15, -0.1) is 0 Å². The molecule has 0 saturated carbocycles. The summed E-state index contributed by atoms with van der Waals surface area (Å²) in [6.45, 7) is 1.85. The highest BCUT2D eigenvalue weighted by molar-refractivity contribution is 5.96. The minimum absolute atomic E-state index is 0.396. The third-order valence-corrected chi connectivity index (χ3v) is 4.84. The van der Waals surface area contributed by atoms with Crippen LogP contribution < -0.4 is 10.6 Å². The van der Waals surface area contributed by atoms with Gasteiger partial charge in [-0.05, 0) is 41.3 Å². The second-order valence-corrected chi connectivity index (χ2v) is 6.40. The summed E-state index contributed by atoms with van der Waals surface area (Å²) >= 11 is 0. The van der Waals surface area contributed by atoms with E-state index in [-0.39, 0.29) is 0 Å². The molecule has 1 aliphatic rings. The molecule has 0 unspecified atom stereocenters. The molecule has 3 heteroatoms. The van der Waals surface area contributed by atoms with Crippen molar-refractivity contribution in [3.63, 3.8) is 0 Å². The Balaban J connectivity index is 1.78. The van der Waals surface area contributed by atoms with Crippen molar-refractivity contribution in [1.82, 2.24) is 0 Å². The Morgan fingerprint density at radius 1 is 0.880 bits per heavy atom. The first kappa shape index (κ1) is 15.5. The Kier molecular flexibility index (Phi) is 3.98. The van der Waals surface area contributed by atoms with Gasteiger partial charge in [0.05, 0.1) is 0 Å². The molecule has 4 rings (SSSR count). The van der Waals surface area contributed by atoms with E-state index in [1.54, 1.807) is 0 Å². The number of benzene rings is 3. The first-order valence-corrected chi connectivity index (χ1v) is 8.53. The summed E-state index contributed by atoms with van der Waals surface area (Å²) < 4.78 is 0. The molecular weight excluding hydrogens is 308 g/mol. The summed E-state index contributed by atoms with van der Waals surface area (Å²) in [7, 11) is 0. The summed E-state index contributed by atoms with van der Waals surface area (Å²) in [5.41, 5.74) is 12.1. The molecule has 1 aliphatic heterocycles. The average molecular weight is 328 g/mol. The van der Waals surface area contributed by atoms with Crippen LogP contribution >= 0.6 is 0 Å². The van der Waals surface area contributed by atoms with E-state index in [0.717, 1.165) is 36.3 Å². The van der Waals surface area contributed by atoms with Crippen LogP contribution in [0.25, 0.3) is 11.1 Å². The highest BCUT2D eigenvalue weighted by Gasteiger charge is 2.19. The molecule has 3 aromatic rings. The van der Waals surface area contributed by atoms with Crippen LogP contribution in [-0.2, 0) is 13.0 Å². The second-order valence-electron chi connectivity index (χ2n) is 6.40. The van der Waals surface area contributed by atoms with Crippen molar-refractivity contribution in [2.24, 2.45) is 5.73 Å². The number of fused-ring (bicyclic) bond motifs is 1. The lowest BCUT2D eigenvalue weighted by molar-refractivity contribution is 0.100. The maximum atomic E-state index is 11.6. The van der Waals surface area contributed by atoms with Crippen LogP contribution in [0.2, 0.25) is 0 Å². The van der Waals surface area contributed by atoms with Gasteiger partial charge in [0.25, 0.3) is 0 Å². The van der Waals surface area contributed by atoms with Crippen LogP contribution in [-0.4, -0.2) is 12.5 Å². The number of carbonyl (C=O) groups is 1. The fourth-order valence-corrected chi connectivity index (χ4v) is 3.52. The first-order chi connectivity index (χ1) is 12.2. The monoisotopic (exact) mass is 328 g/mol. The van der Waals surface area contributed by atoms with Gasteiger partial charge in [0.2, 0.25) is 5.91 Å². The van der Waals surface area contributed by atoms with E-state index < -0.39 is 5.91 Å². The van der Waals surface area contributed by atoms with Crippen molar-refractivity contribution in [2.45, 2.75) is 13.0 Å². The van der Waals surface area contributed by atoms with Crippen LogP contribution in [0.3, 0.4) is 0 Å². The molecule has 3 aromatic carbocycles. The Hall–Kier alpha value is -3.07. The molecule has 0 radical (unpaired) electrons. The van der Waals surface area contributed by atoms with E-state index in [0.29, 0.717) is 5.56 Å². The molecule has 0 spiro atoms. The minimum Gasteiger partial charge on any atom is -0.366 e. The van der Waals surface area contributed by atoms with Gasteiger partial charge in [-0.2, -0.15) is 0 Å². The fourth-order valence-electron chi connectivity index (χ4n) is 3.52. The Bertz CT molecular complexity index is 918. The molecule has 1 heterocycles. The quantitative estimate of drug-likeness (QED) is 0.789. The van der Waals surface area contributed by atoms with E-state index in [4.69, 9.17) is 5.73 Å². The van der Waals surface area contributed by atoms with Gasteiger partial charge in [-0.3, -0.25) is 4.79 Å². The van der Waals surface area contributed by atoms with Crippen LogP contribution in [0.15, 0.2) is 72.8 Å². The summed E-state index contributed by atoms with van der Waals surface area (Å²) in [5, 5.41) is 0. The van der Waals surface area contributed by atoms with E-state index in [1.807, 2.05) is 36.4 Å². The van der Waals surface area contributed by atoms with E-state index >= 15 is 0 Å². The maximum absolute atomic E-state index is 11.6. The highest BCUT2D eigenvalue weighted by atomic mass is 16.1. The number of nitrogens with zero attached hydrogens (tertiary/aromatic N) is 1. The fraction of sp³-hybridized carbons (Fsp3) is 0.136. The van der Waals surface area contributed by atoms with E-state index in [2.05, 4.69) is 41.3 Å². The van der Waals surface area contributed by atoms with Crippen LogP contribution in [0.1, 0.15) is 21.5 Å². The standard InChI is InChI=1S/C22H20N2O/c23-22(25)18-10-11-21(20(14-18)17-7-2-1-3-8-17)24-13-12-16-6-4-5-9-19(16)15-24/h1-11,14H,12-13,15H2,(H2,23,25). The van der Waals surface area contributed by atoms with Crippen molar-refractivity contribution in [2.75, 3.05) is 11.4 Å². The number of rotatable bonds is 3. The second kappa shape index (κ2) is 6.44. The average Bonchev–Trinajstić information content (AvgIpc) is 2.68. The molecule has 0 fully saturated rings. The molecule has 124 valence electrons. The zero-order valence-electron chi connectivity index (χ0n) is 14.0.